The van der Waals surface area contributed by atoms with Crippen LogP contribution in [-0.4, -0.2) is 9.97 Å². The largest absolute Gasteiger partial charge is 0.351 e. The molecule has 0 aromatic carbocycles. The number of H-pyrrole nitrogens is 1. The van der Waals surface area contributed by atoms with Gasteiger partial charge in [-0.25, -0.2) is 4.98 Å². The van der Waals surface area contributed by atoms with E-state index in [0.29, 0.717) is 0 Å². The summed E-state index contributed by atoms with van der Waals surface area (Å²) in [5.41, 5.74) is 1.03. The first-order valence-electron chi connectivity index (χ1n) is 5.59. The van der Waals surface area contributed by atoms with Crippen LogP contribution in [0.2, 0.25) is 0 Å². The van der Waals surface area contributed by atoms with Gasteiger partial charge >= 0.3 is 0 Å². The van der Waals surface area contributed by atoms with Crippen molar-refractivity contribution in [1.82, 2.24) is 9.97 Å². The third kappa shape index (κ3) is 4.85. The summed E-state index contributed by atoms with van der Waals surface area (Å²) < 4.78 is 0. The van der Waals surface area contributed by atoms with Crippen molar-refractivity contribution in [3.63, 3.8) is 0 Å². The number of nitrogens with one attached hydrogen (secondary N) is 1. The van der Waals surface area contributed by atoms with Gasteiger partial charge in [0.1, 0.15) is 0 Å². The van der Waals surface area contributed by atoms with Crippen LogP contribution < -0.4 is 0 Å². The average Bonchev–Trinajstić information content (AvgIpc) is 2.69. The molecule has 0 radical (unpaired) electrons. The number of allylic oxidation sites excluding steroid dienone is 1. The molecule has 0 amide bonds. The molecule has 0 saturated carbocycles. The van der Waals surface area contributed by atoms with Gasteiger partial charge in [-0.15, -0.1) is 0 Å². The SMILES string of the molecule is CCCCCCC/C=C/c1c[nH]cn1. The number of imidazole rings is 1. The Morgan fingerprint density at radius 3 is 2.86 bits per heavy atom. The molecule has 0 aliphatic rings. The van der Waals surface area contributed by atoms with Crippen LogP contribution in [0, 0.1) is 0 Å². The number of nitrogens with zero attached hydrogens (tertiary/aromatic N) is 1. The summed E-state index contributed by atoms with van der Waals surface area (Å²) >= 11 is 0. The molecular formula is C12H20N2. The van der Waals surface area contributed by atoms with Crippen molar-refractivity contribution in [2.75, 3.05) is 0 Å². The highest BCUT2D eigenvalue weighted by Gasteiger charge is 1.88. The third-order valence-corrected chi connectivity index (χ3v) is 2.28. The molecule has 0 aliphatic heterocycles. The lowest BCUT2D eigenvalue weighted by Gasteiger charge is -1.95. The Bertz CT molecular complexity index is 237. The second-order valence-electron chi connectivity index (χ2n) is 3.60. The summed E-state index contributed by atoms with van der Waals surface area (Å²) in [5.74, 6) is 0. The minimum Gasteiger partial charge on any atom is -0.351 e. The Balaban J connectivity index is 1.98. The molecule has 1 rings (SSSR count). The Morgan fingerprint density at radius 2 is 2.14 bits per heavy atom. The monoisotopic (exact) mass is 192 g/mol. The van der Waals surface area contributed by atoms with E-state index < -0.39 is 0 Å². The Hall–Kier alpha value is -1.05. The van der Waals surface area contributed by atoms with E-state index in [1.165, 1.54) is 38.5 Å². The van der Waals surface area contributed by atoms with Crippen LogP contribution in [0.25, 0.3) is 6.08 Å². The minimum absolute atomic E-state index is 1.03. The lowest BCUT2D eigenvalue weighted by Crippen LogP contribution is -1.76. The fraction of sp³-hybridized carbons (Fsp3) is 0.583. The van der Waals surface area contributed by atoms with E-state index in [1.807, 2.05) is 6.20 Å². The molecule has 0 aliphatic carbocycles. The van der Waals surface area contributed by atoms with Crippen molar-refractivity contribution in [2.24, 2.45) is 0 Å². The van der Waals surface area contributed by atoms with E-state index >= 15 is 0 Å². The normalized spacial score (nSPS) is 11.2. The first-order chi connectivity index (χ1) is 6.93. The maximum Gasteiger partial charge on any atom is 0.0927 e. The van der Waals surface area contributed by atoms with E-state index in [1.54, 1.807) is 6.33 Å². The summed E-state index contributed by atoms with van der Waals surface area (Å²) in [7, 11) is 0. The molecule has 2 heteroatoms. The quantitative estimate of drug-likeness (QED) is 0.654. The Kier molecular flexibility index (Phi) is 5.80. The van der Waals surface area contributed by atoms with Crippen LogP contribution in [0.15, 0.2) is 18.6 Å². The van der Waals surface area contributed by atoms with Gasteiger partial charge in [0.05, 0.1) is 12.0 Å². The minimum atomic E-state index is 1.03. The topological polar surface area (TPSA) is 28.7 Å². The number of unbranched alkanes of at least 4 members (excludes halogenated alkanes) is 5. The van der Waals surface area contributed by atoms with Gasteiger partial charge < -0.3 is 4.98 Å². The molecule has 14 heavy (non-hydrogen) atoms. The summed E-state index contributed by atoms with van der Waals surface area (Å²) in [6, 6.07) is 0. The zero-order chi connectivity index (χ0) is 10.1. The Labute approximate surface area is 86.5 Å². The molecule has 2 nitrogen and oxygen atoms in total. The highest BCUT2D eigenvalue weighted by atomic mass is 14.8. The molecule has 0 bridgehead atoms. The molecule has 0 fully saturated rings. The third-order valence-electron chi connectivity index (χ3n) is 2.28. The van der Waals surface area contributed by atoms with Gasteiger partial charge in [-0.2, -0.15) is 0 Å². The summed E-state index contributed by atoms with van der Waals surface area (Å²) in [6.45, 7) is 2.25. The van der Waals surface area contributed by atoms with Crippen molar-refractivity contribution >= 4 is 6.08 Å². The average molecular weight is 192 g/mol. The number of aromatic amines is 1. The summed E-state index contributed by atoms with van der Waals surface area (Å²) in [6.07, 6.45) is 15.8. The number of aromatic nitrogens is 2. The smallest absolute Gasteiger partial charge is 0.0927 e. The van der Waals surface area contributed by atoms with E-state index in [9.17, 15) is 0 Å². The van der Waals surface area contributed by atoms with Crippen LogP contribution in [0.3, 0.4) is 0 Å². The van der Waals surface area contributed by atoms with Crippen LogP contribution in [0.1, 0.15) is 51.1 Å². The molecule has 78 valence electrons. The van der Waals surface area contributed by atoms with Gasteiger partial charge in [0.2, 0.25) is 0 Å². The van der Waals surface area contributed by atoms with Gasteiger partial charge in [0.15, 0.2) is 0 Å². The molecule has 0 spiro atoms. The molecule has 1 aromatic heterocycles. The maximum absolute atomic E-state index is 4.12. The highest BCUT2D eigenvalue weighted by Crippen LogP contribution is 2.06. The molecular weight excluding hydrogens is 172 g/mol. The van der Waals surface area contributed by atoms with Gasteiger partial charge in [-0.05, 0) is 18.9 Å². The number of hydrogen-bond donors (Lipinski definition) is 1. The zero-order valence-electron chi connectivity index (χ0n) is 9.00. The van der Waals surface area contributed by atoms with Crippen molar-refractivity contribution in [2.45, 2.75) is 45.4 Å². The summed E-state index contributed by atoms with van der Waals surface area (Å²) in [4.78, 5) is 7.06. The predicted molar refractivity (Wildman–Crippen MR) is 61.0 cm³/mol. The molecule has 1 aromatic rings. The predicted octanol–water partition coefficient (Wildman–Crippen LogP) is 3.78. The fourth-order valence-corrected chi connectivity index (χ4v) is 1.43. The lowest BCUT2D eigenvalue weighted by atomic mass is 10.1. The van der Waals surface area contributed by atoms with Gasteiger partial charge in [0.25, 0.3) is 0 Å². The second kappa shape index (κ2) is 7.36. The van der Waals surface area contributed by atoms with Crippen molar-refractivity contribution in [1.29, 1.82) is 0 Å². The van der Waals surface area contributed by atoms with Crippen molar-refractivity contribution in [3.05, 3.63) is 24.3 Å². The molecule has 1 N–H and O–H groups in total. The first kappa shape index (κ1) is 11.0. The van der Waals surface area contributed by atoms with Gasteiger partial charge in [-0.1, -0.05) is 38.7 Å². The lowest BCUT2D eigenvalue weighted by molar-refractivity contribution is 0.638. The van der Waals surface area contributed by atoms with Crippen LogP contribution >= 0.6 is 0 Å². The van der Waals surface area contributed by atoms with Crippen molar-refractivity contribution < 1.29 is 0 Å². The first-order valence-corrected chi connectivity index (χ1v) is 5.59. The van der Waals surface area contributed by atoms with E-state index in [2.05, 4.69) is 29.0 Å². The zero-order valence-corrected chi connectivity index (χ0v) is 9.00. The highest BCUT2D eigenvalue weighted by molar-refractivity contribution is 5.42. The van der Waals surface area contributed by atoms with Crippen LogP contribution in [-0.2, 0) is 0 Å². The summed E-state index contributed by atoms with van der Waals surface area (Å²) in [5, 5.41) is 0. The number of rotatable bonds is 7. The second-order valence-corrected chi connectivity index (χ2v) is 3.60. The fourth-order valence-electron chi connectivity index (χ4n) is 1.43. The standard InChI is InChI=1S/C12H20N2/c1-2-3-4-5-6-7-8-9-12-10-13-11-14-12/h8-11H,2-7H2,1H3,(H,13,14)/b9-8+. The van der Waals surface area contributed by atoms with Crippen LogP contribution in [0.4, 0.5) is 0 Å². The molecule has 1 heterocycles. The van der Waals surface area contributed by atoms with Crippen molar-refractivity contribution in [3.8, 4) is 0 Å². The van der Waals surface area contributed by atoms with Gasteiger partial charge in [0, 0.05) is 6.20 Å². The van der Waals surface area contributed by atoms with E-state index in [-0.39, 0.29) is 0 Å². The number of hydrogen-bond acceptors (Lipinski definition) is 1. The van der Waals surface area contributed by atoms with Gasteiger partial charge in [-0.3, -0.25) is 0 Å². The Morgan fingerprint density at radius 1 is 1.29 bits per heavy atom. The molecule has 0 unspecified atom stereocenters. The molecule has 0 atom stereocenters. The molecule has 0 saturated heterocycles. The van der Waals surface area contributed by atoms with Crippen LogP contribution in [0.5, 0.6) is 0 Å². The maximum atomic E-state index is 4.12. The van der Waals surface area contributed by atoms with E-state index in [0.717, 1.165) is 5.69 Å². The van der Waals surface area contributed by atoms with E-state index in [4.69, 9.17) is 0 Å².